The van der Waals surface area contributed by atoms with Gasteiger partial charge in [-0.25, -0.2) is 0 Å². The van der Waals surface area contributed by atoms with Crippen LogP contribution < -0.4 is 10.1 Å². The van der Waals surface area contributed by atoms with Gasteiger partial charge in [-0.1, -0.05) is 18.2 Å². The quantitative estimate of drug-likeness (QED) is 0.531. The average Bonchev–Trinajstić information content (AvgIpc) is 3.54. The van der Waals surface area contributed by atoms with E-state index in [0.29, 0.717) is 25.0 Å². The maximum Gasteiger partial charge on any atom is 0.287 e. The Morgan fingerprint density at radius 3 is 2.74 bits per heavy atom. The first-order valence-electron chi connectivity index (χ1n) is 12.5. The minimum absolute atomic E-state index is 0.0868. The molecule has 0 radical (unpaired) electrons. The van der Waals surface area contributed by atoms with Gasteiger partial charge in [0.15, 0.2) is 5.76 Å². The van der Waals surface area contributed by atoms with E-state index in [4.69, 9.17) is 13.9 Å². The number of furan rings is 1. The summed E-state index contributed by atoms with van der Waals surface area (Å²) in [4.78, 5) is 14.9. The lowest BCUT2D eigenvalue weighted by atomic mass is 9.84. The van der Waals surface area contributed by atoms with Crippen molar-refractivity contribution in [2.24, 2.45) is 0 Å². The first-order chi connectivity index (χ1) is 16.9. The number of amides is 1. The van der Waals surface area contributed by atoms with E-state index in [1.807, 2.05) is 24.3 Å². The van der Waals surface area contributed by atoms with Crippen molar-refractivity contribution in [2.75, 3.05) is 33.4 Å². The molecule has 0 bridgehead atoms. The minimum Gasteiger partial charge on any atom is -0.496 e. The SMILES string of the molecule is COc1ccc(CN2CCC(O)(c3ccc4oc(C(=O)NCC5CCCO5)cc4c3)CC2)cc1C. The highest BCUT2D eigenvalue weighted by Crippen LogP contribution is 2.35. The van der Waals surface area contributed by atoms with Crippen molar-refractivity contribution in [3.63, 3.8) is 0 Å². The van der Waals surface area contributed by atoms with E-state index in [9.17, 15) is 9.90 Å². The second-order valence-corrected chi connectivity index (χ2v) is 9.82. The molecule has 2 N–H and O–H groups in total. The van der Waals surface area contributed by atoms with Crippen LogP contribution in [0.4, 0.5) is 0 Å². The van der Waals surface area contributed by atoms with Crippen molar-refractivity contribution >= 4 is 16.9 Å². The number of nitrogens with one attached hydrogen (secondary N) is 1. The van der Waals surface area contributed by atoms with E-state index in [-0.39, 0.29) is 17.8 Å². The number of methoxy groups -OCH3 is 1. The zero-order valence-corrected chi connectivity index (χ0v) is 20.5. The third kappa shape index (κ3) is 5.22. The van der Waals surface area contributed by atoms with Crippen molar-refractivity contribution < 1.29 is 23.8 Å². The number of hydrogen-bond acceptors (Lipinski definition) is 6. The Bertz CT molecular complexity index is 1190. The molecule has 2 aliphatic rings. The molecule has 5 rings (SSSR count). The van der Waals surface area contributed by atoms with E-state index < -0.39 is 5.60 Å². The summed E-state index contributed by atoms with van der Waals surface area (Å²) in [6.45, 7) is 5.78. The fourth-order valence-corrected chi connectivity index (χ4v) is 5.21. The Kier molecular flexibility index (Phi) is 6.82. The Balaban J connectivity index is 1.22. The van der Waals surface area contributed by atoms with E-state index >= 15 is 0 Å². The maximum atomic E-state index is 12.5. The molecule has 186 valence electrons. The van der Waals surface area contributed by atoms with Crippen LogP contribution in [0.3, 0.4) is 0 Å². The molecule has 1 unspecified atom stereocenters. The number of carbonyl (C=O) groups is 1. The first-order valence-corrected chi connectivity index (χ1v) is 12.5. The predicted molar refractivity (Wildman–Crippen MR) is 134 cm³/mol. The summed E-state index contributed by atoms with van der Waals surface area (Å²) in [7, 11) is 1.69. The van der Waals surface area contributed by atoms with Crippen molar-refractivity contribution in [3.05, 3.63) is 64.9 Å². The summed E-state index contributed by atoms with van der Waals surface area (Å²) >= 11 is 0. The van der Waals surface area contributed by atoms with Gasteiger partial charge in [-0.2, -0.15) is 0 Å². The molecule has 3 aromatic rings. The molecule has 7 heteroatoms. The average molecular weight is 479 g/mol. The zero-order chi connectivity index (χ0) is 24.4. The van der Waals surface area contributed by atoms with Gasteiger partial charge in [-0.3, -0.25) is 9.69 Å². The van der Waals surface area contributed by atoms with E-state index in [1.165, 1.54) is 5.56 Å². The van der Waals surface area contributed by atoms with Crippen molar-refractivity contribution in [1.29, 1.82) is 0 Å². The molecular weight excluding hydrogens is 444 g/mol. The van der Waals surface area contributed by atoms with Gasteiger partial charge in [0.2, 0.25) is 0 Å². The smallest absolute Gasteiger partial charge is 0.287 e. The number of carbonyl (C=O) groups excluding carboxylic acids is 1. The molecule has 0 aliphatic carbocycles. The Morgan fingerprint density at radius 2 is 2.03 bits per heavy atom. The number of rotatable bonds is 7. The van der Waals surface area contributed by atoms with Crippen LogP contribution in [0.25, 0.3) is 11.0 Å². The van der Waals surface area contributed by atoms with Crippen molar-refractivity contribution in [1.82, 2.24) is 10.2 Å². The number of piperidine rings is 1. The summed E-state index contributed by atoms with van der Waals surface area (Å²) in [5, 5.41) is 15.2. The Hall–Kier alpha value is -2.87. The highest BCUT2D eigenvalue weighted by molar-refractivity contribution is 5.96. The summed E-state index contributed by atoms with van der Waals surface area (Å²) in [5.74, 6) is 0.950. The summed E-state index contributed by atoms with van der Waals surface area (Å²) in [6.07, 6.45) is 3.40. The molecule has 1 atom stereocenters. The number of likely N-dealkylation sites (tertiary alicyclic amines) is 1. The molecule has 2 saturated heterocycles. The number of nitrogens with zero attached hydrogens (tertiary/aromatic N) is 1. The molecule has 2 aromatic carbocycles. The summed E-state index contributed by atoms with van der Waals surface area (Å²) in [5.41, 5.74) is 3.01. The van der Waals surface area contributed by atoms with Gasteiger partial charge >= 0.3 is 0 Å². The number of ether oxygens (including phenoxy) is 2. The molecule has 1 aromatic heterocycles. The van der Waals surface area contributed by atoms with Crippen LogP contribution in [0.15, 0.2) is 46.9 Å². The fourth-order valence-electron chi connectivity index (χ4n) is 5.21. The number of aryl methyl sites for hydroxylation is 1. The first kappa shape index (κ1) is 23.9. The number of aliphatic hydroxyl groups is 1. The Morgan fingerprint density at radius 1 is 1.20 bits per heavy atom. The van der Waals surface area contributed by atoms with E-state index in [2.05, 4.69) is 29.3 Å². The molecule has 7 nitrogen and oxygen atoms in total. The molecule has 0 spiro atoms. The van der Waals surface area contributed by atoms with E-state index in [0.717, 1.165) is 61.3 Å². The predicted octanol–water partition coefficient (Wildman–Crippen LogP) is 4.14. The van der Waals surface area contributed by atoms with Crippen LogP contribution in [0.2, 0.25) is 0 Å². The molecule has 2 fully saturated rings. The lowest BCUT2D eigenvalue weighted by Gasteiger charge is -2.38. The fraction of sp³-hybridized carbons (Fsp3) is 0.464. The highest BCUT2D eigenvalue weighted by Gasteiger charge is 2.34. The maximum absolute atomic E-state index is 12.5. The topological polar surface area (TPSA) is 84.2 Å². The highest BCUT2D eigenvalue weighted by atomic mass is 16.5. The molecule has 3 heterocycles. The van der Waals surface area contributed by atoms with Crippen LogP contribution >= 0.6 is 0 Å². The normalized spacial score (nSPS) is 20.3. The van der Waals surface area contributed by atoms with Gasteiger partial charge in [0.05, 0.1) is 18.8 Å². The van der Waals surface area contributed by atoms with Gasteiger partial charge in [-0.15, -0.1) is 0 Å². The summed E-state index contributed by atoms with van der Waals surface area (Å²) in [6, 6.07) is 13.8. The third-order valence-corrected chi connectivity index (χ3v) is 7.34. The van der Waals surface area contributed by atoms with Gasteiger partial charge in [0.1, 0.15) is 11.3 Å². The van der Waals surface area contributed by atoms with Crippen LogP contribution in [0.1, 0.15) is 52.9 Å². The lowest BCUT2D eigenvalue weighted by molar-refractivity contribution is -0.0276. The lowest BCUT2D eigenvalue weighted by Crippen LogP contribution is -2.42. The van der Waals surface area contributed by atoms with Gasteiger partial charge in [0.25, 0.3) is 5.91 Å². The number of fused-ring (bicyclic) bond motifs is 1. The van der Waals surface area contributed by atoms with Crippen molar-refractivity contribution in [3.8, 4) is 5.75 Å². The van der Waals surface area contributed by atoms with Gasteiger partial charge in [0, 0.05) is 38.2 Å². The molecule has 35 heavy (non-hydrogen) atoms. The number of hydrogen-bond donors (Lipinski definition) is 2. The van der Waals surface area contributed by atoms with Gasteiger partial charge in [-0.05, 0) is 73.6 Å². The van der Waals surface area contributed by atoms with Crippen LogP contribution in [-0.4, -0.2) is 55.4 Å². The largest absolute Gasteiger partial charge is 0.496 e. The minimum atomic E-state index is -0.889. The van der Waals surface area contributed by atoms with Crippen molar-refractivity contribution in [2.45, 2.75) is 50.9 Å². The van der Waals surface area contributed by atoms with Crippen LogP contribution in [0, 0.1) is 6.92 Å². The molecular formula is C28H34N2O5. The molecule has 2 aliphatic heterocycles. The number of benzene rings is 2. The second kappa shape index (κ2) is 10.0. The monoisotopic (exact) mass is 478 g/mol. The zero-order valence-electron chi connectivity index (χ0n) is 20.5. The van der Waals surface area contributed by atoms with Crippen LogP contribution in [0.5, 0.6) is 5.75 Å². The van der Waals surface area contributed by atoms with Gasteiger partial charge < -0.3 is 24.3 Å². The molecule has 1 amide bonds. The Labute approximate surface area is 206 Å². The second-order valence-electron chi connectivity index (χ2n) is 9.82. The summed E-state index contributed by atoms with van der Waals surface area (Å²) < 4.78 is 16.7. The van der Waals surface area contributed by atoms with E-state index in [1.54, 1.807) is 13.2 Å². The molecule has 0 saturated carbocycles. The third-order valence-electron chi connectivity index (χ3n) is 7.34. The standard InChI is InChI=1S/C28H34N2O5/c1-19-14-20(5-7-24(19)33-2)18-30-11-9-28(32,10-12-30)22-6-8-25-21(15-22)16-26(35-25)27(31)29-17-23-4-3-13-34-23/h5-8,14-16,23,32H,3-4,9-13,17-18H2,1-2H3,(H,29,31). The van der Waals surface area contributed by atoms with Crippen LogP contribution in [-0.2, 0) is 16.9 Å².